The minimum Gasteiger partial charge on any atom is -0.381 e. The van der Waals surface area contributed by atoms with E-state index in [1.165, 1.54) is 70.9 Å². The molecule has 0 amide bonds. The predicted octanol–water partition coefficient (Wildman–Crippen LogP) is 3.21. The van der Waals surface area contributed by atoms with Gasteiger partial charge in [-0.05, 0) is 43.9 Å². The highest BCUT2D eigenvalue weighted by atomic mass is 16.5. The molecule has 0 bridgehead atoms. The molecular weight excluding hydrogens is 210 g/mol. The molecule has 3 fully saturated rings. The average molecular weight is 237 g/mol. The van der Waals surface area contributed by atoms with Crippen molar-refractivity contribution < 1.29 is 4.74 Å². The lowest BCUT2D eigenvalue weighted by molar-refractivity contribution is -0.0728. The Morgan fingerprint density at radius 1 is 0.941 bits per heavy atom. The standard InChI is InChI=1S/C15H27NO/c1-17-14-7-5-13(6-8-14)16-11-15(12-16)9-3-2-4-10-15/h13-14H,2-12H2,1H3. The van der Waals surface area contributed by atoms with Gasteiger partial charge in [-0.3, -0.25) is 4.90 Å². The Morgan fingerprint density at radius 2 is 1.59 bits per heavy atom. The molecule has 2 nitrogen and oxygen atoms in total. The van der Waals surface area contributed by atoms with Crippen LogP contribution in [0.3, 0.4) is 0 Å². The lowest BCUT2D eigenvalue weighted by Crippen LogP contribution is -2.61. The molecule has 1 saturated heterocycles. The zero-order valence-electron chi connectivity index (χ0n) is 11.3. The molecule has 2 saturated carbocycles. The monoisotopic (exact) mass is 237 g/mol. The zero-order valence-corrected chi connectivity index (χ0v) is 11.3. The molecule has 1 heterocycles. The molecule has 0 atom stereocenters. The molecule has 0 radical (unpaired) electrons. The molecule has 2 heteroatoms. The molecule has 2 aliphatic carbocycles. The van der Waals surface area contributed by atoms with Gasteiger partial charge in [0.05, 0.1) is 6.10 Å². The Kier molecular flexibility index (Phi) is 3.45. The van der Waals surface area contributed by atoms with Gasteiger partial charge in [0.2, 0.25) is 0 Å². The first kappa shape index (κ1) is 12.0. The number of rotatable bonds is 2. The highest BCUT2D eigenvalue weighted by Crippen LogP contribution is 2.45. The molecule has 0 aromatic carbocycles. The van der Waals surface area contributed by atoms with Crippen molar-refractivity contribution in [2.45, 2.75) is 69.9 Å². The minimum absolute atomic E-state index is 0.552. The van der Waals surface area contributed by atoms with E-state index in [0.29, 0.717) is 6.10 Å². The SMILES string of the molecule is COC1CCC(N2CC3(CCCCC3)C2)CC1. The molecule has 0 N–H and O–H groups in total. The van der Waals surface area contributed by atoms with Crippen LogP contribution in [0, 0.1) is 5.41 Å². The fourth-order valence-corrected chi connectivity index (χ4v) is 4.34. The van der Waals surface area contributed by atoms with Crippen LogP contribution in [0.2, 0.25) is 0 Å². The minimum atomic E-state index is 0.552. The second-order valence-corrected chi connectivity index (χ2v) is 6.63. The Balaban J connectivity index is 1.46. The normalized spacial score (nSPS) is 37.9. The van der Waals surface area contributed by atoms with Crippen LogP contribution >= 0.6 is 0 Å². The second kappa shape index (κ2) is 4.89. The third-order valence-electron chi connectivity index (χ3n) is 5.48. The highest BCUT2D eigenvalue weighted by molar-refractivity contribution is 4.99. The first-order valence-corrected chi connectivity index (χ1v) is 7.58. The number of hydrogen-bond donors (Lipinski definition) is 0. The summed E-state index contributed by atoms with van der Waals surface area (Å²) >= 11 is 0. The van der Waals surface area contributed by atoms with Gasteiger partial charge in [0.25, 0.3) is 0 Å². The van der Waals surface area contributed by atoms with Crippen molar-refractivity contribution >= 4 is 0 Å². The lowest BCUT2D eigenvalue weighted by Gasteiger charge is -2.56. The molecular formula is C15H27NO. The fourth-order valence-electron chi connectivity index (χ4n) is 4.34. The molecule has 0 unspecified atom stereocenters. The summed E-state index contributed by atoms with van der Waals surface area (Å²) in [7, 11) is 1.87. The van der Waals surface area contributed by atoms with Crippen LogP contribution in [-0.4, -0.2) is 37.2 Å². The second-order valence-electron chi connectivity index (χ2n) is 6.63. The summed E-state index contributed by atoms with van der Waals surface area (Å²) in [6.07, 6.45) is 13.3. The topological polar surface area (TPSA) is 12.5 Å². The largest absolute Gasteiger partial charge is 0.381 e. The quantitative estimate of drug-likeness (QED) is 0.731. The predicted molar refractivity (Wildman–Crippen MR) is 70.1 cm³/mol. The average Bonchev–Trinajstić information content (AvgIpc) is 2.37. The van der Waals surface area contributed by atoms with Crippen molar-refractivity contribution in [2.24, 2.45) is 5.41 Å². The van der Waals surface area contributed by atoms with E-state index in [4.69, 9.17) is 4.74 Å². The number of ether oxygens (including phenoxy) is 1. The maximum Gasteiger partial charge on any atom is 0.0572 e. The van der Waals surface area contributed by atoms with Crippen LogP contribution < -0.4 is 0 Å². The molecule has 0 aromatic heterocycles. The van der Waals surface area contributed by atoms with Crippen molar-refractivity contribution in [1.82, 2.24) is 4.90 Å². The maximum absolute atomic E-state index is 5.46. The third kappa shape index (κ3) is 2.39. The summed E-state index contributed by atoms with van der Waals surface area (Å²) in [6.45, 7) is 2.82. The smallest absolute Gasteiger partial charge is 0.0572 e. The first-order chi connectivity index (χ1) is 8.31. The summed E-state index contributed by atoms with van der Waals surface area (Å²) in [5, 5.41) is 0. The molecule has 98 valence electrons. The van der Waals surface area contributed by atoms with E-state index >= 15 is 0 Å². The van der Waals surface area contributed by atoms with E-state index < -0.39 is 0 Å². The molecule has 3 rings (SSSR count). The Labute approximate surface area is 106 Å². The number of likely N-dealkylation sites (tertiary alicyclic amines) is 1. The van der Waals surface area contributed by atoms with Gasteiger partial charge < -0.3 is 4.74 Å². The Morgan fingerprint density at radius 3 is 2.18 bits per heavy atom. The third-order valence-corrected chi connectivity index (χ3v) is 5.48. The number of nitrogens with zero attached hydrogens (tertiary/aromatic N) is 1. The van der Waals surface area contributed by atoms with Crippen molar-refractivity contribution in [3.05, 3.63) is 0 Å². The van der Waals surface area contributed by atoms with E-state index in [1.807, 2.05) is 7.11 Å². The summed E-state index contributed by atoms with van der Waals surface area (Å²) in [6, 6.07) is 0.883. The van der Waals surface area contributed by atoms with E-state index in [0.717, 1.165) is 11.5 Å². The van der Waals surface area contributed by atoms with E-state index in [1.54, 1.807) is 0 Å². The van der Waals surface area contributed by atoms with Crippen molar-refractivity contribution in [2.75, 3.05) is 20.2 Å². The number of methoxy groups -OCH3 is 1. The van der Waals surface area contributed by atoms with E-state index in [9.17, 15) is 0 Å². The Bertz CT molecular complexity index is 244. The molecule has 17 heavy (non-hydrogen) atoms. The maximum atomic E-state index is 5.46. The summed E-state index contributed by atoms with van der Waals surface area (Å²) in [4.78, 5) is 2.78. The van der Waals surface area contributed by atoms with Gasteiger partial charge in [0, 0.05) is 26.2 Å². The van der Waals surface area contributed by atoms with Gasteiger partial charge in [0.15, 0.2) is 0 Å². The van der Waals surface area contributed by atoms with Crippen LogP contribution in [0.5, 0.6) is 0 Å². The van der Waals surface area contributed by atoms with Crippen molar-refractivity contribution in [3.8, 4) is 0 Å². The molecule has 1 aliphatic heterocycles. The van der Waals surface area contributed by atoms with Gasteiger partial charge in [-0.25, -0.2) is 0 Å². The lowest BCUT2D eigenvalue weighted by atomic mass is 9.67. The van der Waals surface area contributed by atoms with Crippen molar-refractivity contribution in [1.29, 1.82) is 0 Å². The summed E-state index contributed by atoms with van der Waals surface area (Å²) < 4.78 is 5.46. The van der Waals surface area contributed by atoms with E-state index in [-0.39, 0.29) is 0 Å². The van der Waals surface area contributed by atoms with Gasteiger partial charge >= 0.3 is 0 Å². The first-order valence-electron chi connectivity index (χ1n) is 7.58. The fraction of sp³-hybridized carbons (Fsp3) is 1.00. The van der Waals surface area contributed by atoms with Crippen LogP contribution in [0.4, 0.5) is 0 Å². The summed E-state index contributed by atoms with van der Waals surface area (Å²) in [5.41, 5.74) is 0.760. The van der Waals surface area contributed by atoms with Crippen LogP contribution in [0.15, 0.2) is 0 Å². The molecule has 3 aliphatic rings. The number of hydrogen-bond acceptors (Lipinski definition) is 2. The van der Waals surface area contributed by atoms with Gasteiger partial charge in [-0.1, -0.05) is 19.3 Å². The molecule has 0 aromatic rings. The van der Waals surface area contributed by atoms with Crippen LogP contribution in [0.1, 0.15) is 57.8 Å². The molecule has 1 spiro atoms. The van der Waals surface area contributed by atoms with Gasteiger partial charge in [0.1, 0.15) is 0 Å². The van der Waals surface area contributed by atoms with Gasteiger partial charge in [-0.15, -0.1) is 0 Å². The van der Waals surface area contributed by atoms with E-state index in [2.05, 4.69) is 4.90 Å². The van der Waals surface area contributed by atoms with Gasteiger partial charge in [-0.2, -0.15) is 0 Å². The summed E-state index contributed by atoms with van der Waals surface area (Å²) in [5.74, 6) is 0. The van der Waals surface area contributed by atoms with Crippen LogP contribution in [0.25, 0.3) is 0 Å². The van der Waals surface area contributed by atoms with Crippen molar-refractivity contribution in [3.63, 3.8) is 0 Å². The highest BCUT2D eigenvalue weighted by Gasteiger charge is 2.45. The zero-order chi connectivity index (χ0) is 11.7. The van der Waals surface area contributed by atoms with Crippen LogP contribution in [-0.2, 0) is 4.74 Å². The Hall–Kier alpha value is -0.0800.